The summed E-state index contributed by atoms with van der Waals surface area (Å²) in [6.07, 6.45) is 0. The minimum atomic E-state index is 0. The molecule has 0 heterocycles. The normalized spacial score (nSPS) is 0. The van der Waals surface area contributed by atoms with Crippen molar-refractivity contribution in [3.05, 3.63) is 0 Å². The molecule has 0 amide bonds. The fraction of sp³-hybridized carbons (Fsp3) is 0. The molecule has 0 rings (SSSR count). The van der Waals surface area contributed by atoms with E-state index in [2.05, 4.69) is 0 Å². The molecule has 4 heteroatoms. The van der Waals surface area contributed by atoms with Crippen LogP contribution in [0.25, 0.3) is 0 Å². The van der Waals surface area contributed by atoms with Crippen LogP contribution >= 0.6 is 0 Å². The molecule has 0 N–H and O–H groups in total. The van der Waals surface area contributed by atoms with E-state index in [-0.39, 0.29) is 106 Å². The van der Waals surface area contributed by atoms with Crippen LogP contribution in [0.3, 0.4) is 0 Å². The molecular weight excluding hydrogens is 648 g/mol. The molecule has 0 nitrogen and oxygen atoms in total. The molecule has 0 aliphatic rings. The van der Waals surface area contributed by atoms with Gasteiger partial charge in [0.25, 0.3) is 0 Å². The predicted octanol–water partition coefficient (Wildman–Crippen LogP) is -0.767. The molecule has 0 spiro atoms. The summed E-state index contributed by atoms with van der Waals surface area (Å²) in [5.41, 5.74) is 0. The van der Waals surface area contributed by atoms with Crippen LogP contribution in [-0.4, -0.2) is 51.0 Å². The zero-order chi connectivity index (χ0) is 0. The first-order valence-electron chi connectivity index (χ1n) is 0. The van der Waals surface area contributed by atoms with Crippen LogP contribution in [-0.2, 0) is 55.0 Å². The summed E-state index contributed by atoms with van der Waals surface area (Å²) >= 11 is 0. The van der Waals surface area contributed by atoms with Crippen LogP contribution in [0.5, 0.6) is 0 Å². The van der Waals surface area contributed by atoms with Crippen molar-refractivity contribution < 1.29 is 55.0 Å². The molecule has 0 bridgehead atoms. The average molecular weight is 648 g/mol. The summed E-state index contributed by atoms with van der Waals surface area (Å²) in [6.45, 7) is 0. The summed E-state index contributed by atoms with van der Waals surface area (Å²) in [7, 11) is 0. The van der Waals surface area contributed by atoms with E-state index in [1.54, 1.807) is 0 Å². The summed E-state index contributed by atoms with van der Waals surface area (Å²) < 4.78 is 0. The second kappa shape index (κ2) is 16.0. The molecular formula is CdHgPbTe. The molecule has 4 heavy (non-hydrogen) atoms. The van der Waals surface area contributed by atoms with E-state index >= 15 is 0 Å². The van der Waals surface area contributed by atoms with Gasteiger partial charge in [0.15, 0.2) is 0 Å². The van der Waals surface area contributed by atoms with Gasteiger partial charge in [-0.1, -0.05) is 0 Å². The molecule has 0 aliphatic carbocycles. The molecule has 0 saturated carbocycles. The number of rotatable bonds is 0. The molecule has 0 saturated heterocycles. The van der Waals surface area contributed by atoms with E-state index in [9.17, 15) is 0 Å². The zero-order valence-corrected chi connectivity index (χ0v) is 18.1. The summed E-state index contributed by atoms with van der Waals surface area (Å²) in [5, 5.41) is 0. The van der Waals surface area contributed by atoms with Gasteiger partial charge in [0, 0.05) is 106 Å². The number of hydrogen-bond acceptors (Lipinski definition) is 0. The van der Waals surface area contributed by atoms with Crippen LogP contribution in [0, 0.1) is 0 Å². The van der Waals surface area contributed by atoms with Crippen LogP contribution in [0.4, 0.5) is 0 Å². The van der Waals surface area contributed by atoms with Gasteiger partial charge >= 0.3 is 0 Å². The molecule has 0 aromatic heterocycles. The topological polar surface area (TPSA) is 0 Å². The van der Waals surface area contributed by atoms with E-state index in [4.69, 9.17) is 0 Å². The van der Waals surface area contributed by atoms with Crippen LogP contribution in [0.15, 0.2) is 0 Å². The molecule has 0 aromatic rings. The Kier molecular flexibility index (Phi) is 103. The fourth-order valence-electron chi connectivity index (χ4n) is 0. The molecule has 0 aromatic carbocycles. The van der Waals surface area contributed by atoms with Crippen LogP contribution < -0.4 is 0 Å². The van der Waals surface area contributed by atoms with E-state index in [0.717, 1.165) is 0 Å². The maximum absolute atomic E-state index is 0. The van der Waals surface area contributed by atoms with Gasteiger partial charge in [-0.15, -0.1) is 0 Å². The second-order valence-corrected chi connectivity index (χ2v) is 0. The van der Waals surface area contributed by atoms with Crippen LogP contribution in [0.1, 0.15) is 0 Å². The van der Waals surface area contributed by atoms with Gasteiger partial charge < -0.3 is 0 Å². The van der Waals surface area contributed by atoms with Crippen molar-refractivity contribution in [3.63, 3.8) is 0 Å². The number of hydrogen-bond donors (Lipinski definition) is 0. The first-order chi connectivity index (χ1) is 0. The van der Waals surface area contributed by atoms with E-state index in [1.807, 2.05) is 0 Å². The third kappa shape index (κ3) is 9.13. The van der Waals surface area contributed by atoms with Crippen molar-refractivity contribution in [2.45, 2.75) is 0 Å². The van der Waals surface area contributed by atoms with Crippen molar-refractivity contribution in [1.82, 2.24) is 0 Å². The fourth-order valence-corrected chi connectivity index (χ4v) is 0. The van der Waals surface area contributed by atoms with Crippen molar-refractivity contribution >= 4 is 51.0 Å². The van der Waals surface area contributed by atoms with Crippen molar-refractivity contribution in [2.75, 3.05) is 0 Å². The minimum absolute atomic E-state index is 0. The SMILES string of the molecule is [Cd].[Hg].[Pb].[Te]. The molecule has 14 valence electrons. The molecule has 0 unspecified atom stereocenters. The molecule has 6 radical (unpaired) electrons. The van der Waals surface area contributed by atoms with Gasteiger partial charge in [0.05, 0.1) is 0 Å². The van der Waals surface area contributed by atoms with Gasteiger partial charge in [-0.3, -0.25) is 0 Å². The van der Waals surface area contributed by atoms with Crippen molar-refractivity contribution in [2.24, 2.45) is 0 Å². The van der Waals surface area contributed by atoms with E-state index < -0.39 is 0 Å². The largest absolute Gasteiger partial charge is 0 e. The second-order valence-electron chi connectivity index (χ2n) is 0. The first kappa shape index (κ1) is 25.6. The summed E-state index contributed by atoms with van der Waals surface area (Å²) in [5.74, 6) is 0. The van der Waals surface area contributed by atoms with Crippen LogP contribution in [0.2, 0.25) is 0 Å². The van der Waals surface area contributed by atoms with Gasteiger partial charge in [-0.2, -0.15) is 0 Å². The average Bonchev–Trinajstić information content (AvgIpc) is 0. The summed E-state index contributed by atoms with van der Waals surface area (Å²) in [6, 6.07) is 0. The Morgan fingerprint density at radius 3 is 1.00 bits per heavy atom. The Labute approximate surface area is 103 Å². The maximum atomic E-state index is 0. The first-order valence-corrected chi connectivity index (χ1v) is 0. The quantitative estimate of drug-likeness (QED) is 0.304. The molecule has 0 aliphatic heterocycles. The minimum Gasteiger partial charge on any atom is 0 e. The van der Waals surface area contributed by atoms with Crippen molar-refractivity contribution in [1.29, 1.82) is 0 Å². The predicted molar refractivity (Wildman–Crippen MR) is 11.5 cm³/mol. The monoisotopic (exact) mass is 654 g/mol. The van der Waals surface area contributed by atoms with Gasteiger partial charge in [-0.05, 0) is 0 Å². The summed E-state index contributed by atoms with van der Waals surface area (Å²) in [4.78, 5) is 0. The Morgan fingerprint density at radius 1 is 1.00 bits per heavy atom. The van der Waals surface area contributed by atoms with Crippen molar-refractivity contribution in [3.8, 4) is 0 Å². The Hall–Kier alpha value is 3.57. The Balaban J connectivity index is 0. The third-order valence-electron chi connectivity index (χ3n) is 0. The van der Waals surface area contributed by atoms with E-state index in [0.29, 0.717) is 0 Å². The Morgan fingerprint density at radius 2 is 1.00 bits per heavy atom. The molecule has 0 fully saturated rings. The van der Waals surface area contributed by atoms with Gasteiger partial charge in [0.2, 0.25) is 0 Å². The van der Waals surface area contributed by atoms with Gasteiger partial charge in [0.1, 0.15) is 0 Å². The van der Waals surface area contributed by atoms with Gasteiger partial charge in [-0.25, -0.2) is 0 Å². The Bertz CT molecular complexity index is 8.00. The zero-order valence-electron chi connectivity index (χ0n) is 2.32. The smallest absolute Gasteiger partial charge is 0 e. The standard InChI is InChI=1S/Cd.Hg.Pb.Te. The third-order valence-corrected chi connectivity index (χ3v) is 0. The maximum Gasteiger partial charge on any atom is 0 e. The molecule has 0 atom stereocenters. The van der Waals surface area contributed by atoms with E-state index in [1.165, 1.54) is 0 Å².